The summed E-state index contributed by atoms with van der Waals surface area (Å²) in [6.45, 7) is 9.75. The lowest BCUT2D eigenvalue weighted by Crippen LogP contribution is -2.13. The van der Waals surface area contributed by atoms with Gasteiger partial charge in [0.25, 0.3) is 5.91 Å². The molecule has 2 aromatic rings. The van der Waals surface area contributed by atoms with Gasteiger partial charge in [-0.2, -0.15) is 0 Å². The quantitative estimate of drug-likeness (QED) is 0.764. The van der Waals surface area contributed by atoms with Crippen LogP contribution in [0.3, 0.4) is 0 Å². The molecule has 2 N–H and O–H groups in total. The third-order valence-electron chi connectivity index (χ3n) is 3.96. The first-order valence-electron chi connectivity index (χ1n) is 8.63. The Balaban J connectivity index is 2.09. The Morgan fingerprint density at radius 1 is 0.885 bits per heavy atom. The van der Waals surface area contributed by atoms with E-state index in [0.29, 0.717) is 16.9 Å². The van der Waals surface area contributed by atoms with Gasteiger partial charge in [0.05, 0.1) is 0 Å². The average molecular weight is 350 g/mol. The third kappa shape index (κ3) is 5.59. The van der Waals surface area contributed by atoms with Crippen LogP contribution < -0.4 is 10.6 Å². The molecule has 0 atom stereocenters. The van der Waals surface area contributed by atoms with Crippen LogP contribution in [-0.2, 0) is 15.0 Å². The summed E-state index contributed by atoms with van der Waals surface area (Å²) < 4.78 is 0. The molecule has 0 unspecified atom stereocenters. The highest BCUT2D eigenvalue weighted by Crippen LogP contribution is 2.23. The number of benzene rings is 2. The summed E-state index contributed by atoms with van der Waals surface area (Å²) in [5.41, 5.74) is 4.24. The van der Waals surface area contributed by atoms with Crippen molar-refractivity contribution < 1.29 is 9.59 Å². The maximum Gasteiger partial charge on any atom is 0.251 e. The molecule has 136 valence electrons. The van der Waals surface area contributed by atoms with Gasteiger partial charge >= 0.3 is 0 Å². The van der Waals surface area contributed by atoms with Crippen LogP contribution in [0, 0.1) is 0 Å². The smallest absolute Gasteiger partial charge is 0.251 e. The number of rotatable bonds is 4. The molecule has 2 rings (SSSR count). The predicted octanol–water partition coefficient (Wildman–Crippen LogP) is 4.98. The van der Waals surface area contributed by atoms with Gasteiger partial charge in [-0.15, -0.1) is 0 Å². The number of nitrogens with one attached hydrogen (secondary N) is 2. The Morgan fingerprint density at radius 2 is 1.46 bits per heavy atom. The number of carbonyl (C=O) groups is 2. The highest BCUT2D eigenvalue weighted by Gasteiger charge is 2.13. The lowest BCUT2D eigenvalue weighted by atomic mass is 9.86. The van der Waals surface area contributed by atoms with Crippen LogP contribution in [0.1, 0.15) is 45.7 Å². The minimum Gasteiger partial charge on any atom is -0.326 e. The summed E-state index contributed by atoms with van der Waals surface area (Å²) in [4.78, 5) is 23.5. The largest absolute Gasteiger partial charge is 0.326 e. The normalized spacial score (nSPS) is 11.8. The molecule has 2 amide bonds. The molecular weight excluding hydrogens is 324 g/mol. The second-order valence-electron chi connectivity index (χ2n) is 7.42. The minimum absolute atomic E-state index is 0.105. The van der Waals surface area contributed by atoms with Crippen molar-refractivity contribution in [3.05, 3.63) is 65.2 Å². The van der Waals surface area contributed by atoms with Gasteiger partial charge in [0.15, 0.2) is 0 Å². The monoisotopic (exact) mass is 350 g/mol. The van der Waals surface area contributed by atoms with E-state index in [1.165, 1.54) is 12.5 Å². The van der Waals surface area contributed by atoms with Crippen molar-refractivity contribution in [1.82, 2.24) is 0 Å². The number of amides is 2. The van der Waals surface area contributed by atoms with E-state index in [2.05, 4.69) is 43.5 Å². The van der Waals surface area contributed by atoms with Crippen molar-refractivity contribution in [3.63, 3.8) is 0 Å². The van der Waals surface area contributed by atoms with Gasteiger partial charge in [-0.1, -0.05) is 51.1 Å². The molecular formula is C22H26N2O2. The summed E-state index contributed by atoms with van der Waals surface area (Å²) in [6, 6.07) is 15.3. The van der Waals surface area contributed by atoms with Gasteiger partial charge in [0.1, 0.15) is 0 Å². The first-order chi connectivity index (χ1) is 12.1. The zero-order valence-corrected chi connectivity index (χ0v) is 16.0. The molecule has 0 heterocycles. The van der Waals surface area contributed by atoms with Crippen LogP contribution in [0.25, 0.3) is 6.08 Å². The molecule has 0 bridgehead atoms. The van der Waals surface area contributed by atoms with Crippen LogP contribution in [0.15, 0.2) is 54.1 Å². The Kier molecular flexibility index (Phi) is 5.98. The second kappa shape index (κ2) is 8.00. The fourth-order valence-electron chi connectivity index (χ4n) is 2.50. The van der Waals surface area contributed by atoms with Gasteiger partial charge in [-0.25, -0.2) is 0 Å². The molecule has 4 nitrogen and oxygen atoms in total. The van der Waals surface area contributed by atoms with Crippen molar-refractivity contribution in [2.24, 2.45) is 0 Å². The summed E-state index contributed by atoms with van der Waals surface area (Å²) in [7, 11) is 0. The van der Waals surface area contributed by atoms with Crippen LogP contribution >= 0.6 is 0 Å². The molecule has 0 aliphatic heterocycles. The van der Waals surface area contributed by atoms with E-state index in [1.54, 1.807) is 31.2 Å². The van der Waals surface area contributed by atoms with E-state index < -0.39 is 0 Å². The maximum absolute atomic E-state index is 12.4. The molecule has 0 radical (unpaired) electrons. The number of carbonyl (C=O) groups excluding carboxylic acids is 2. The second-order valence-corrected chi connectivity index (χ2v) is 7.42. The summed E-state index contributed by atoms with van der Waals surface area (Å²) in [5.74, 6) is -0.326. The third-order valence-corrected chi connectivity index (χ3v) is 3.96. The van der Waals surface area contributed by atoms with Crippen LogP contribution in [0.4, 0.5) is 11.4 Å². The van der Waals surface area contributed by atoms with Crippen molar-refractivity contribution in [2.75, 3.05) is 10.6 Å². The van der Waals surface area contributed by atoms with Gasteiger partial charge in [0, 0.05) is 23.9 Å². The first kappa shape index (κ1) is 19.4. The SMILES string of the molecule is CC(=O)Nc1cccc(NC(=O)/C(C)=C/c2ccc(C(C)(C)C)cc2)c1. The molecule has 4 heteroatoms. The van der Waals surface area contributed by atoms with Crippen LogP contribution in [0.2, 0.25) is 0 Å². The summed E-state index contributed by atoms with van der Waals surface area (Å²) in [5, 5.41) is 5.55. The summed E-state index contributed by atoms with van der Waals surface area (Å²) in [6.07, 6.45) is 1.86. The lowest BCUT2D eigenvalue weighted by molar-refractivity contribution is -0.114. The highest BCUT2D eigenvalue weighted by molar-refractivity contribution is 6.06. The molecule has 0 aliphatic rings. The summed E-state index contributed by atoms with van der Waals surface area (Å²) >= 11 is 0. The molecule has 2 aromatic carbocycles. The topological polar surface area (TPSA) is 58.2 Å². The zero-order valence-electron chi connectivity index (χ0n) is 16.0. The molecule has 26 heavy (non-hydrogen) atoms. The molecule has 0 spiro atoms. The number of hydrogen-bond donors (Lipinski definition) is 2. The minimum atomic E-state index is -0.176. The van der Waals surface area contributed by atoms with E-state index in [9.17, 15) is 9.59 Å². The van der Waals surface area contributed by atoms with E-state index in [4.69, 9.17) is 0 Å². The van der Waals surface area contributed by atoms with Crippen LogP contribution in [0.5, 0.6) is 0 Å². The Labute approximate surface area is 155 Å². The van der Waals surface area contributed by atoms with E-state index in [-0.39, 0.29) is 17.2 Å². The Morgan fingerprint density at radius 3 is 2.00 bits per heavy atom. The average Bonchev–Trinajstić information content (AvgIpc) is 2.54. The van der Waals surface area contributed by atoms with E-state index in [0.717, 1.165) is 5.56 Å². The van der Waals surface area contributed by atoms with E-state index >= 15 is 0 Å². The van der Waals surface area contributed by atoms with Crippen molar-refractivity contribution >= 4 is 29.3 Å². The Bertz CT molecular complexity index is 828. The van der Waals surface area contributed by atoms with Crippen molar-refractivity contribution in [3.8, 4) is 0 Å². The molecule has 0 aliphatic carbocycles. The molecule has 0 aromatic heterocycles. The number of anilines is 2. The van der Waals surface area contributed by atoms with Gasteiger partial charge in [-0.3, -0.25) is 9.59 Å². The first-order valence-corrected chi connectivity index (χ1v) is 8.63. The maximum atomic E-state index is 12.4. The molecule has 0 fully saturated rings. The van der Waals surface area contributed by atoms with Gasteiger partial charge in [0.2, 0.25) is 5.91 Å². The van der Waals surface area contributed by atoms with E-state index in [1.807, 2.05) is 18.2 Å². The predicted molar refractivity (Wildman–Crippen MR) is 108 cm³/mol. The highest BCUT2D eigenvalue weighted by atomic mass is 16.2. The molecule has 0 saturated carbocycles. The fraction of sp³-hybridized carbons (Fsp3) is 0.273. The fourth-order valence-corrected chi connectivity index (χ4v) is 2.50. The van der Waals surface area contributed by atoms with Gasteiger partial charge < -0.3 is 10.6 Å². The standard InChI is InChI=1S/C22H26N2O2/c1-15(13-17-9-11-18(12-10-17)22(3,4)5)21(26)24-20-8-6-7-19(14-20)23-16(2)25/h6-14H,1-5H3,(H,23,25)(H,24,26)/b15-13+. The zero-order chi connectivity index (χ0) is 19.3. The number of hydrogen-bond acceptors (Lipinski definition) is 2. The lowest BCUT2D eigenvalue weighted by Gasteiger charge is -2.18. The Hall–Kier alpha value is -2.88. The van der Waals surface area contributed by atoms with Crippen LogP contribution in [-0.4, -0.2) is 11.8 Å². The van der Waals surface area contributed by atoms with Crippen molar-refractivity contribution in [1.29, 1.82) is 0 Å². The van der Waals surface area contributed by atoms with Crippen molar-refractivity contribution in [2.45, 2.75) is 40.0 Å². The molecule has 0 saturated heterocycles. The van der Waals surface area contributed by atoms with Gasteiger partial charge in [-0.05, 0) is 47.7 Å².